The summed E-state index contributed by atoms with van der Waals surface area (Å²) in [4.78, 5) is 24.4. The molecule has 1 heterocycles. The predicted octanol–water partition coefficient (Wildman–Crippen LogP) is -0.257. The maximum Gasteiger partial charge on any atom is 0.222 e. The van der Waals surface area contributed by atoms with Gasteiger partial charge in [0.25, 0.3) is 0 Å². The fourth-order valence-corrected chi connectivity index (χ4v) is 1.62. The van der Waals surface area contributed by atoms with Crippen molar-refractivity contribution in [1.82, 2.24) is 10.2 Å². The number of hydrogen-bond donors (Lipinski definition) is 2. The van der Waals surface area contributed by atoms with E-state index in [-0.39, 0.29) is 24.3 Å². The predicted molar refractivity (Wildman–Crippen MR) is 59.7 cm³/mol. The highest BCUT2D eigenvalue weighted by molar-refractivity contribution is 5.80. The average molecular weight is 228 g/mol. The molecule has 16 heavy (non-hydrogen) atoms. The van der Waals surface area contributed by atoms with Gasteiger partial charge in [0.05, 0.1) is 0 Å². The van der Waals surface area contributed by atoms with E-state index in [0.717, 1.165) is 13.0 Å². The number of carbonyl (C=O) groups is 2. The lowest BCUT2D eigenvalue weighted by Crippen LogP contribution is -2.34. The Balaban J connectivity index is 2.12. The highest BCUT2D eigenvalue weighted by Crippen LogP contribution is 2.09. The van der Waals surface area contributed by atoms with Gasteiger partial charge in [0, 0.05) is 39.1 Å². The number of hydrogen-bond acceptors (Lipinski definition) is 3. The van der Waals surface area contributed by atoms with E-state index in [2.05, 4.69) is 5.32 Å². The van der Waals surface area contributed by atoms with Gasteiger partial charge in [-0.15, -0.1) is 0 Å². The molecule has 1 atom stereocenters. The molecule has 5 heteroatoms. The molecule has 0 aromatic carbocycles. The van der Waals surface area contributed by atoms with Crippen LogP contribution in [0.3, 0.4) is 0 Å². The number of rotatable bonds is 6. The maximum absolute atomic E-state index is 11.4. The Kier molecular flexibility index (Phi) is 5.25. The summed E-state index contributed by atoms with van der Waals surface area (Å²) in [6.45, 7) is 3.72. The van der Waals surface area contributed by atoms with Gasteiger partial charge in [-0.25, -0.2) is 0 Å². The summed E-state index contributed by atoms with van der Waals surface area (Å²) in [5.74, 6) is 0.175. The van der Waals surface area contributed by atoms with Gasteiger partial charge in [-0.1, -0.05) is 6.92 Å². The first-order valence-corrected chi connectivity index (χ1v) is 5.79. The third kappa shape index (κ3) is 4.18. The monoisotopic (exact) mass is 228 g/mol. The highest BCUT2D eigenvalue weighted by Gasteiger charge is 2.20. The molecule has 0 aromatic heterocycles. The van der Waals surface area contributed by atoms with Crippen LogP contribution in [0.25, 0.3) is 0 Å². The average Bonchev–Trinajstić information content (AvgIpc) is 2.69. The molecule has 1 rings (SSSR count). The Morgan fingerprint density at radius 3 is 2.94 bits per heavy atom. The van der Waals surface area contributed by atoms with E-state index in [9.17, 15) is 9.59 Å². The van der Waals surface area contributed by atoms with Crippen molar-refractivity contribution in [2.45, 2.75) is 26.2 Å². The number of aliphatic hydroxyl groups is 1. The minimum atomic E-state index is -0.0556. The zero-order valence-electron chi connectivity index (χ0n) is 9.74. The molecule has 1 aliphatic heterocycles. The second-order valence-corrected chi connectivity index (χ2v) is 4.33. The molecule has 0 radical (unpaired) electrons. The van der Waals surface area contributed by atoms with E-state index in [1.165, 1.54) is 0 Å². The van der Waals surface area contributed by atoms with Crippen LogP contribution >= 0.6 is 0 Å². The zero-order chi connectivity index (χ0) is 12.0. The second kappa shape index (κ2) is 6.48. The lowest BCUT2D eigenvalue weighted by Gasteiger charge is -2.15. The Labute approximate surface area is 95.8 Å². The zero-order valence-corrected chi connectivity index (χ0v) is 9.74. The van der Waals surface area contributed by atoms with Gasteiger partial charge >= 0.3 is 0 Å². The topological polar surface area (TPSA) is 69.6 Å². The summed E-state index contributed by atoms with van der Waals surface area (Å²) in [5.41, 5.74) is 0. The van der Waals surface area contributed by atoms with E-state index in [1.807, 2.05) is 6.92 Å². The van der Waals surface area contributed by atoms with Crippen molar-refractivity contribution in [3.05, 3.63) is 0 Å². The maximum atomic E-state index is 11.4. The molecule has 0 saturated carbocycles. The SMILES string of the molecule is CC(CO)CNC(=O)CCN1CCCC1=O. The summed E-state index contributed by atoms with van der Waals surface area (Å²) in [7, 11) is 0. The molecular formula is C11H20N2O3. The van der Waals surface area contributed by atoms with Gasteiger partial charge in [-0.3, -0.25) is 9.59 Å². The Hall–Kier alpha value is -1.10. The van der Waals surface area contributed by atoms with Crippen molar-refractivity contribution < 1.29 is 14.7 Å². The van der Waals surface area contributed by atoms with Gasteiger partial charge in [0.1, 0.15) is 0 Å². The first kappa shape index (κ1) is 13.0. The van der Waals surface area contributed by atoms with Gasteiger partial charge in [0.2, 0.25) is 11.8 Å². The number of aliphatic hydroxyl groups excluding tert-OH is 1. The molecular weight excluding hydrogens is 208 g/mol. The number of nitrogens with one attached hydrogen (secondary N) is 1. The fourth-order valence-electron chi connectivity index (χ4n) is 1.62. The van der Waals surface area contributed by atoms with Crippen LogP contribution in [0.15, 0.2) is 0 Å². The van der Waals surface area contributed by atoms with Crippen LogP contribution in [0.1, 0.15) is 26.2 Å². The van der Waals surface area contributed by atoms with Gasteiger partial charge < -0.3 is 15.3 Å². The Morgan fingerprint density at radius 2 is 2.38 bits per heavy atom. The van der Waals surface area contributed by atoms with Crippen molar-refractivity contribution in [2.75, 3.05) is 26.2 Å². The minimum absolute atomic E-state index is 0.0556. The first-order valence-electron chi connectivity index (χ1n) is 5.79. The molecule has 1 fully saturated rings. The molecule has 0 aromatic rings. The minimum Gasteiger partial charge on any atom is -0.396 e. The molecule has 2 amide bonds. The Bertz CT molecular complexity index is 256. The Morgan fingerprint density at radius 1 is 1.62 bits per heavy atom. The molecule has 0 bridgehead atoms. The lowest BCUT2D eigenvalue weighted by atomic mass is 10.2. The van der Waals surface area contributed by atoms with Crippen LogP contribution in [-0.2, 0) is 9.59 Å². The number of amides is 2. The van der Waals surface area contributed by atoms with E-state index in [4.69, 9.17) is 5.11 Å². The normalized spacial score (nSPS) is 17.6. The van der Waals surface area contributed by atoms with Gasteiger partial charge in [0.15, 0.2) is 0 Å². The van der Waals surface area contributed by atoms with Crippen molar-refractivity contribution in [2.24, 2.45) is 5.92 Å². The second-order valence-electron chi connectivity index (χ2n) is 4.33. The third-order valence-corrected chi connectivity index (χ3v) is 2.74. The molecule has 5 nitrogen and oxygen atoms in total. The van der Waals surface area contributed by atoms with E-state index >= 15 is 0 Å². The molecule has 1 aliphatic rings. The third-order valence-electron chi connectivity index (χ3n) is 2.74. The van der Waals surface area contributed by atoms with Crippen LogP contribution in [-0.4, -0.2) is 48.1 Å². The van der Waals surface area contributed by atoms with E-state index in [1.54, 1.807) is 4.90 Å². The summed E-state index contributed by atoms with van der Waals surface area (Å²) in [6.07, 6.45) is 1.87. The summed E-state index contributed by atoms with van der Waals surface area (Å²) in [5, 5.41) is 11.5. The van der Waals surface area contributed by atoms with Crippen LogP contribution in [0.4, 0.5) is 0 Å². The number of likely N-dealkylation sites (tertiary alicyclic amines) is 1. The van der Waals surface area contributed by atoms with E-state index < -0.39 is 0 Å². The molecule has 0 spiro atoms. The van der Waals surface area contributed by atoms with Crippen molar-refractivity contribution >= 4 is 11.8 Å². The molecule has 92 valence electrons. The van der Waals surface area contributed by atoms with Crippen LogP contribution < -0.4 is 5.32 Å². The largest absolute Gasteiger partial charge is 0.396 e. The summed E-state index contributed by atoms with van der Waals surface area (Å²) in [6, 6.07) is 0. The standard InChI is InChI=1S/C11H20N2O3/c1-9(8-14)7-12-10(15)4-6-13-5-2-3-11(13)16/h9,14H,2-8H2,1H3,(H,12,15). The van der Waals surface area contributed by atoms with Gasteiger partial charge in [-0.05, 0) is 12.3 Å². The lowest BCUT2D eigenvalue weighted by molar-refractivity contribution is -0.128. The van der Waals surface area contributed by atoms with Crippen LogP contribution in [0.2, 0.25) is 0 Å². The van der Waals surface area contributed by atoms with Crippen molar-refractivity contribution in [1.29, 1.82) is 0 Å². The smallest absolute Gasteiger partial charge is 0.222 e. The van der Waals surface area contributed by atoms with Crippen molar-refractivity contribution in [3.63, 3.8) is 0 Å². The highest BCUT2D eigenvalue weighted by atomic mass is 16.3. The molecule has 2 N–H and O–H groups in total. The first-order chi connectivity index (χ1) is 7.63. The number of carbonyl (C=O) groups excluding carboxylic acids is 2. The number of nitrogens with zero attached hydrogens (tertiary/aromatic N) is 1. The van der Waals surface area contributed by atoms with Crippen LogP contribution in [0, 0.1) is 5.92 Å². The molecule has 0 aliphatic carbocycles. The fraction of sp³-hybridized carbons (Fsp3) is 0.818. The summed E-state index contributed by atoms with van der Waals surface area (Å²) < 4.78 is 0. The molecule has 1 unspecified atom stereocenters. The quantitative estimate of drug-likeness (QED) is 0.658. The van der Waals surface area contributed by atoms with Gasteiger partial charge in [-0.2, -0.15) is 0 Å². The molecule has 1 saturated heterocycles. The van der Waals surface area contributed by atoms with Crippen molar-refractivity contribution in [3.8, 4) is 0 Å². The summed E-state index contributed by atoms with van der Waals surface area (Å²) >= 11 is 0. The van der Waals surface area contributed by atoms with E-state index in [0.29, 0.717) is 25.9 Å². The van der Waals surface area contributed by atoms with Crippen LogP contribution in [0.5, 0.6) is 0 Å².